The van der Waals surface area contributed by atoms with E-state index in [0.717, 1.165) is 25.4 Å². The van der Waals surface area contributed by atoms with E-state index < -0.39 is 0 Å². The lowest BCUT2D eigenvalue weighted by molar-refractivity contribution is 0.0284. The number of piperidine rings is 1. The molecule has 0 saturated carbocycles. The molecule has 1 saturated heterocycles. The van der Waals surface area contributed by atoms with E-state index in [1.807, 2.05) is 13.1 Å². The molecular weight excluding hydrogens is 192 g/mol. The zero-order valence-electron chi connectivity index (χ0n) is 9.40. The molecular formula is C11H18N2O2. The van der Waals surface area contributed by atoms with Crippen LogP contribution in [0.3, 0.4) is 0 Å². The molecule has 1 aromatic heterocycles. The minimum absolute atomic E-state index is 0.388. The van der Waals surface area contributed by atoms with Crippen LogP contribution in [0.25, 0.3) is 0 Å². The maximum atomic E-state index is 5.39. The Morgan fingerprint density at radius 1 is 1.67 bits per heavy atom. The topological polar surface area (TPSA) is 38.5 Å². The highest BCUT2D eigenvalue weighted by Crippen LogP contribution is 2.16. The van der Waals surface area contributed by atoms with Crippen molar-refractivity contribution in [1.29, 1.82) is 0 Å². The average molecular weight is 210 g/mol. The van der Waals surface area contributed by atoms with E-state index in [2.05, 4.69) is 10.1 Å². The summed E-state index contributed by atoms with van der Waals surface area (Å²) in [5.74, 6) is 0.926. The molecule has 0 aromatic carbocycles. The quantitative estimate of drug-likeness (QED) is 0.759. The number of rotatable bonds is 3. The number of ether oxygens (including phenoxy) is 1. The van der Waals surface area contributed by atoms with Crippen molar-refractivity contribution in [2.24, 2.45) is 0 Å². The Morgan fingerprint density at radius 2 is 2.53 bits per heavy atom. The van der Waals surface area contributed by atoms with Crippen LogP contribution < -0.4 is 0 Å². The third-order valence-corrected chi connectivity index (χ3v) is 3.04. The number of likely N-dealkylation sites (tertiary alicyclic amines) is 1. The van der Waals surface area contributed by atoms with E-state index in [0.29, 0.717) is 6.10 Å². The highest BCUT2D eigenvalue weighted by molar-refractivity contribution is 5.11. The highest BCUT2D eigenvalue weighted by Gasteiger charge is 2.20. The maximum absolute atomic E-state index is 5.39. The van der Waals surface area contributed by atoms with Crippen molar-refractivity contribution in [2.75, 3.05) is 20.2 Å². The van der Waals surface area contributed by atoms with E-state index in [4.69, 9.17) is 9.26 Å². The molecule has 1 aliphatic heterocycles. The van der Waals surface area contributed by atoms with Gasteiger partial charge in [0.05, 0.1) is 12.3 Å². The molecule has 84 valence electrons. The SMILES string of the molecule is CO[C@H]1CCCN(Cc2cnoc2C)C1. The van der Waals surface area contributed by atoms with Gasteiger partial charge in [-0.2, -0.15) is 0 Å². The molecule has 2 rings (SSSR count). The summed E-state index contributed by atoms with van der Waals surface area (Å²) < 4.78 is 10.4. The minimum Gasteiger partial charge on any atom is -0.380 e. The van der Waals surface area contributed by atoms with Gasteiger partial charge in [-0.05, 0) is 26.3 Å². The van der Waals surface area contributed by atoms with E-state index >= 15 is 0 Å². The van der Waals surface area contributed by atoms with Gasteiger partial charge in [-0.25, -0.2) is 0 Å². The number of aryl methyl sites for hydroxylation is 1. The summed E-state index contributed by atoms with van der Waals surface area (Å²) in [7, 11) is 1.79. The third kappa shape index (κ3) is 2.58. The van der Waals surface area contributed by atoms with Crippen molar-refractivity contribution in [3.8, 4) is 0 Å². The smallest absolute Gasteiger partial charge is 0.138 e. The predicted octanol–water partition coefficient (Wildman–Crippen LogP) is 1.59. The fourth-order valence-electron chi connectivity index (χ4n) is 2.06. The Bertz CT molecular complexity index is 311. The number of hydrogen-bond donors (Lipinski definition) is 0. The summed E-state index contributed by atoms with van der Waals surface area (Å²) in [6.07, 6.45) is 4.59. The Hall–Kier alpha value is -0.870. The average Bonchev–Trinajstić information content (AvgIpc) is 2.65. The van der Waals surface area contributed by atoms with Crippen molar-refractivity contribution in [1.82, 2.24) is 10.1 Å². The van der Waals surface area contributed by atoms with Gasteiger partial charge in [-0.15, -0.1) is 0 Å². The first kappa shape index (κ1) is 10.6. The molecule has 4 heteroatoms. The zero-order valence-corrected chi connectivity index (χ0v) is 9.40. The summed E-state index contributed by atoms with van der Waals surface area (Å²) in [5, 5.41) is 3.79. The van der Waals surface area contributed by atoms with Crippen LogP contribution in [-0.4, -0.2) is 36.4 Å². The van der Waals surface area contributed by atoms with Gasteiger partial charge in [0.2, 0.25) is 0 Å². The summed E-state index contributed by atoms with van der Waals surface area (Å²) in [6.45, 7) is 5.04. The van der Waals surface area contributed by atoms with E-state index in [-0.39, 0.29) is 0 Å². The van der Waals surface area contributed by atoms with Gasteiger partial charge in [0.1, 0.15) is 5.76 Å². The van der Waals surface area contributed by atoms with Gasteiger partial charge in [0.15, 0.2) is 0 Å². The van der Waals surface area contributed by atoms with Crippen LogP contribution in [0.15, 0.2) is 10.7 Å². The van der Waals surface area contributed by atoms with Crippen LogP contribution >= 0.6 is 0 Å². The minimum atomic E-state index is 0.388. The summed E-state index contributed by atoms with van der Waals surface area (Å²) in [4.78, 5) is 2.40. The number of nitrogens with zero attached hydrogens (tertiary/aromatic N) is 2. The van der Waals surface area contributed by atoms with Crippen LogP contribution in [-0.2, 0) is 11.3 Å². The van der Waals surface area contributed by atoms with Crippen LogP contribution in [0.1, 0.15) is 24.2 Å². The molecule has 0 bridgehead atoms. The Labute approximate surface area is 90.2 Å². The molecule has 4 nitrogen and oxygen atoms in total. The first-order valence-electron chi connectivity index (χ1n) is 5.45. The standard InChI is InChI=1S/C11H18N2O2/c1-9-10(6-12-15-9)7-13-5-3-4-11(8-13)14-2/h6,11H,3-5,7-8H2,1-2H3/t11-/m0/s1. The van der Waals surface area contributed by atoms with Gasteiger partial charge in [0, 0.05) is 25.8 Å². The normalized spacial score (nSPS) is 23.2. The van der Waals surface area contributed by atoms with Gasteiger partial charge in [0.25, 0.3) is 0 Å². The molecule has 0 unspecified atom stereocenters. The van der Waals surface area contributed by atoms with Crippen molar-refractivity contribution in [3.63, 3.8) is 0 Å². The molecule has 1 atom stereocenters. The molecule has 2 heterocycles. The van der Waals surface area contributed by atoms with Crippen molar-refractivity contribution in [2.45, 2.75) is 32.4 Å². The van der Waals surface area contributed by atoms with Crippen molar-refractivity contribution < 1.29 is 9.26 Å². The van der Waals surface area contributed by atoms with Crippen LogP contribution in [0.4, 0.5) is 0 Å². The van der Waals surface area contributed by atoms with Gasteiger partial charge in [-0.3, -0.25) is 4.90 Å². The monoisotopic (exact) mass is 210 g/mol. The van der Waals surface area contributed by atoms with Crippen LogP contribution in [0, 0.1) is 6.92 Å². The van der Waals surface area contributed by atoms with E-state index in [9.17, 15) is 0 Å². The second-order valence-electron chi connectivity index (χ2n) is 4.14. The third-order valence-electron chi connectivity index (χ3n) is 3.04. The van der Waals surface area contributed by atoms with Crippen LogP contribution in [0.5, 0.6) is 0 Å². The maximum Gasteiger partial charge on any atom is 0.138 e. The zero-order chi connectivity index (χ0) is 10.7. The van der Waals surface area contributed by atoms with Crippen LogP contribution in [0.2, 0.25) is 0 Å². The van der Waals surface area contributed by atoms with Gasteiger partial charge in [-0.1, -0.05) is 5.16 Å². The lowest BCUT2D eigenvalue weighted by atomic mass is 10.1. The Kier molecular flexibility index (Phi) is 3.38. The summed E-state index contributed by atoms with van der Waals surface area (Å²) >= 11 is 0. The molecule has 0 aliphatic carbocycles. The Morgan fingerprint density at radius 3 is 3.20 bits per heavy atom. The molecule has 0 amide bonds. The second-order valence-corrected chi connectivity index (χ2v) is 4.14. The van der Waals surface area contributed by atoms with Crippen molar-refractivity contribution in [3.05, 3.63) is 17.5 Å². The molecule has 0 N–H and O–H groups in total. The van der Waals surface area contributed by atoms with E-state index in [1.165, 1.54) is 18.4 Å². The fraction of sp³-hybridized carbons (Fsp3) is 0.727. The predicted molar refractivity (Wildman–Crippen MR) is 56.5 cm³/mol. The highest BCUT2D eigenvalue weighted by atomic mass is 16.5. The number of hydrogen-bond acceptors (Lipinski definition) is 4. The Balaban J connectivity index is 1.92. The molecule has 0 radical (unpaired) electrons. The largest absolute Gasteiger partial charge is 0.380 e. The lowest BCUT2D eigenvalue weighted by Gasteiger charge is -2.31. The molecule has 0 spiro atoms. The number of aromatic nitrogens is 1. The molecule has 1 fully saturated rings. The number of methoxy groups -OCH3 is 1. The second kappa shape index (κ2) is 4.77. The molecule has 1 aromatic rings. The first-order valence-corrected chi connectivity index (χ1v) is 5.45. The fourth-order valence-corrected chi connectivity index (χ4v) is 2.06. The first-order chi connectivity index (χ1) is 7.29. The van der Waals surface area contributed by atoms with Gasteiger partial charge >= 0.3 is 0 Å². The molecule has 1 aliphatic rings. The van der Waals surface area contributed by atoms with E-state index in [1.54, 1.807) is 7.11 Å². The summed E-state index contributed by atoms with van der Waals surface area (Å²) in [5.41, 5.74) is 1.19. The van der Waals surface area contributed by atoms with Gasteiger partial charge < -0.3 is 9.26 Å². The lowest BCUT2D eigenvalue weighted by Crippen LogP contribution is -2.38. The molecule has 15 heavy (non-hydrogen) atoms. The summed E-state index contributed by atoms with van der Waals surface area (Å²) in [6, 6.07) is 0. The van der Waals surface area contributed by atoms with Crippen molar-refractivity contribution >= 4 is 0 Å².